The molecule has 3 heteroatoms. The molecule has 0 saturated carbocycles. The molecule has 0 unspecified atom stereocenters. The number of hydrogen-bond acceptors (Lipinski definition) is 3. The Bertz CT molecular complexity index is 534. The van der Waals surface area contributed by atoms with Gasteiger partial charge in [0.25, 0.3) is 0 Å². The molecule has 0 aliphatic rings. The molecule has 1 heterocycles. The molecule has 2 aromatic rings. The monoisotopic (exact) mass is 269 g/mol. The number of aryl methyl sites for hydroxylation is 1. The molecule has 20 heavy (non-hydrogen) atoms. The lowest BCUT2D eigenvalue weighted by molar-refractivity contribution is 0.750. The van der Waals surface area contributed by atoms with Crippen LogP contribution in [0, 0.1) is 6.92 Å². The minimum atomic E-state index is 0.591. The van der Waals surface area contributed by atoms with Crippen LogP contribution in [0.15, 0.2) is 42.6 Å². The molecule has 3 nitrogen and oxygen atoms in total. The number of hydrogen-bond donors (Lipinski definition) is 1. The van der Waals surface area contributed by atoms with E-state index < -0.39 is 0 Å². The maximum absolute atomic E-state index is 5.65. The first-order valence-corrected chi connectivity index (χ1v) is 7.19. The Labute approximate surface area is 121 Å². The predicted molar refractivity (Wildman–Crippen MR) is 84.6 cm³/mol. The summed E-state index contributed by atoms with van der Waals surface area (Å²) in [6.45, 7) is 6.78. The lowest BCUT2D eigenvalue weighted by Gasteiger charge is -2.25. The van der Waals surface area contributed by atoms with Gasteiger partial charge < -0.3 is 10.6 Å². The summed E-state index contributed by atoms with van der Waals surface area (Å²) in [5, 5.41) is 0. The molecule has 0 aliphatic heterocycles. The van der Waals surface area contributed by atoms with Gasteiger partial charge in [-0.3, -0.25) is 4.98 Å². The SMILES string of the molecule is CCCN(Cc1ncccc1C)c1ccc(CN)cc1. The lowest BCUT2D eigenvalue weighted by atomic mass is 10.1. The van der Waals surface area contributed by atoms with Gasteiger partial charge in [0.05, 0.1) is 12.2 Å². The van der Waals surface area contributed by atoms with E-state index in [0.717, 1.165) is 25.2 Å². The zero-order valence-corrected chi connectivity index (χ0v) is 12.3. The molecule has 0 saturated heterocycles. The van der Waals surface area contributed by atoms with Crippen molar-refractivity contribution in [2.24, 2.45) is 5.73 Å². The first kappa shape index (κ1) is 14.5. The molecule has 0 bridgehead atoms. The molecule has 2 N–H and O–H groups in total. The summed E-state index contributed by atoms with van der Waals surface area (Å²) in [7, 11) is 0. The fraction of sp³-hybridized carbons (Fsp3) is 0.353. The molecule has 0 radical (unpaired) electrons. The van der Waals surface area contributed by atoms with E-state index in [1.807, 2.05) is 12.3 Å². The van der Waals surface area contributed by atoms with E-state index >= 15 is 0 Å². The summed E-state index contributed by atoms with van der Waals surface area (Å²) in [6.07, 6.45) is 2.98. The van der Waals surface area contributed by atoms with Gasteiger partial charge in [0.15, 0.2) is 0 Å². The average molecular weight is 269 g/mol. The Kier molecular flexibility index (Phi) is 5.13. The Morgan fingerprint density at radius 1 is 1.15 bits per heavy atom. The highest BCUT2D eigenvalue weighted by atomic mass is 15.1. The van der Waals surface area contributed by atoms with Crippen molar-refractivity contribution in [1.29, 1.82) is 0 Å². The third-order valence-electron chi connectivity index (χ3n) is 3.49. The summed E-state index contributed by atoms with van der Waals surface area (Å²) in [5.74, 6) is 0. The van der Waals surface area contributed by atoms with Crippen molar-refractivity contribution in [2.45, 2.75) is 33.4 Å². The second-order valence-electron chi connectivity index (χ2n) is 5.06. The van der Waals surface area contributed by atoms with Crippen molar-refractivity contribution in [1.82, 2.24) is 4.98 Å². The minimum Gasteiger partial charge on any atom is -0.366 e. The summed E-state index contributed by atoms with van der Waals surface area (Å²) in [4.78, 5) is 6.87. The quantitative estimate of drug-likeness (QED) is 0.875. The third kappa shape index (κ3) is 3.58. The third-order valence-corrected chi connectivity index (χ3v) is 3.49. The highest BCUT2D eigenvalue weighted by molar-refractivity contribution is 5.48. The zero-order chi connectivity index (χ0) is 14.4. The number of rotatable bonds is 6. The maximum Gasteiger partial charge on any atom is 0.0626 e. The van der Waals surface area contributed by atoms with Crippen LogP contribution in [-0.2, 0) is 13.1 Å². The molecule has 0 amide bonds. The first-order valence-electron chi connectivity index (χ1n) is 7.19. The van der Waals surface area contributed by atoms with Crippen LogP contribution >= 0.6 is 0 Å². The van der Waals surface area contributed by atoms with E-state index in [4.69, 9.17) is 5.73 Å². The Morgan fingerprint density at radius 3 is 2.50 bits per heavy atom. The van der Waals surface area contributed by atoms with Crippen molar-refractivity contribution in [3.63, 3.8) is 0 Å². The smallest absolute Gasteiger partial charge is 0.0626 e. The van der Waals surface area contributed by atoms with Gasteiger partial charge in [-0.25, -0.2) is 0 Å². The van der Waals surface area contributed by atoms with Crippen LogP contribution in [0.4, 0.5) is 5.69 Å². The van der Waals surface area contributed by atoms with Crippen LogP contribution in [-0.4, -0.2) is 11.5 Å². The van der Waals surface area contributed by atoms with E-state index in [1.165, 1.54) is 16.8 Å². The van der Waals surface area contributed by atoms with Crippen LogP contribution in [0.1, 0.15) is 30.2 Å². The first-order chi connectivity index (χ1) is 9.74. The van der Waals surface area contributed by atoms with Gasteiger partial charge >= 0.3 is 0 Å². The van der Waals surface area contributed by atoms with Crippen molar-refractivity contribution < 1.29 is 0 Å². The molecule has 106 valence electrons. The Hall–Kier alpha value is -1.87. The molecular formula is C17H23N3. The van der Waals surface area contributed by atoms with E-state index in [1.54, 1.807) is 0 Å². The molecule has 1 aromatic heterocycles. The fourth-order valence-electron chi connectivity index (χ4n) is 2.28. The summed E-state index contributed by atoms with van der Waals surface area (Å²) in [5.41, 5.74) is 10.4. The van der Waals surface area contributed by atoms with E-state index in [-0.39, 0.29) is 0 Å². The number of pyridine rings is 1. The second kappa shape index (κ2) is 7.06. The van der Waals surface area contributed by atoms with E-state index in [9.17, 15) is 0 Å². The largest absolute Gasteiger partial charge is 0.366 e. The van der Waals surface area contributed by atoms with Crippen LogP contribution < -0.4 is 10.6 Å². The van der Waals surface area contributed by atoms with E-state index in [2.05, 4.69) is 54.1 Å². The molecular weight excluding hydrogens is 246 g/mol. The normalized spacial score (nSPS) is 10.6. The van der Waals surface area contributed by atoms with Crippen LogP contribution in [0.5, 0.6) is 0 Å². The predicted octanol–water partition coefficient (Wildman–Crippen LogP) is 3.27. The topological polar surface area (TPSA) is 42.2 Å². The number of nitrogens with zero attached hydrogens (tertiary/aromatic N) is 2. The van der Waals surface area contributed by atoms with Gasteiger partial charge in [-0.2, -0.15) is 0 Å². The Morgan fingerprint density at radius 2 is 1.90 bits per heavy atom. The second-order valence-corrected chi connectivity index (χ2v) is 5.06. The molecule has 1 aromatic carbocycles. The number of anilines is 1. The molecule has 0 spiro atoms. The highest BCUT2D eigenvalue weighted by Crippen LogP contribution is 2.19. The number of benzene rings is 1. The van der Waals surface area contributed by atoms with Gasteiger partial charge in [-0.15, -0.1) is 0 Å². The molecule has 0 atom stereocenters. The fourth-order valence-corrected chi connectivity index (χ4v) is 2.28. The van der Waals surface area contributed by atoms with Crippen LogP contribution in [0.25, 0.3) is 0 Å². The number of aromatic nitrogens is 1. The standard InChI is InChI=1S/C17H23N3/c1-3-11-20(13-17-14(2)5-4-10-19-17)16-8-6-15(12-18)7-9-16/h4-10H,3,11-13,18H2,1-2H3. The van der Waals surface area contributed by atoms with Gasteiger partial charge in [0.1, 0.15) is 0 Å². The van der Waals surface area contributed by atoms with Crippen LogP contribution in [0.2, 0.25) is 0 Å². The van der Waals surface area contributed by atoms with Gasteiger partial charge in [-0.1, -0.05) is 25.1 Å². The van der Waals surface area contributed by atoms with Gasteiger partial charge in [0.2, 0.25) is 0 Å². The van der Waals surface area contributed by atoms with Gasteiger partial charge in [0, 0.05) is 25.0 Å². The maximum atomic E-state index is 5.65. The summed E-state index contributed by atoms with van der Waals surface area (Å²) in [6, 6.07) is 12.6. The average Bonchev–Trinajstić information content (AvgIpc) is 2.49. The minimum absolute atomic E-state index is 0.591. The van der Waals surface area contributed by atoms with Crippen LogP contribution in [0.3, 0.4) is 0 Å². The zero-order valence-electron chi connectivity index (χ0n) is 12.3. The molecule has 2 rings (SSSR count). The van der Waals surface area contributed by atoms with Crippen molar-refractivity contribution in [3.8, 4) is 0 Å². The molecule has 0 fully saturated rings. The molecule has 0 aliphatic carbocycles. The van der Waals surface area contributed by atoms with Crippen molar-refractivity contribution in [3.05, 3.63) is 59.4 Å². The Balaban J connectivity index is 2.19. The summed E-state index contributed by atoms with van der Waals surface area (Å²) >= 11 is 0. The van der Waals surface area contributed by atoms with Crippen molar-refractivity contribution >= 4 is 5.69 Å². The van der Waals surface area contributed by atoms with Crippen molar-refractivity contribution in [2.75, 3.05) is 11.4 Å². The summed E-state index contributed by atoms with van der Waals surface area (Å²) < 4.78 is 0. The number of nitrogens with two attached hydrogens (primary N) is 1. The lowest BCUT2D eigenvalue weighted by Crippen LogP contribution is -2.24. The van der Waals surface area contributed by atoms with Gasteiger partial charge in [-0.05, 0) is 42.7 Å². The van der Waals surface area contributed by atoms with E-state index in [0.29, 0.717) is 6.54 Å². The highest BCUT2D eigenvalue weighted by Gasteiger charge is 2.09.